The van der Waals surface area contributed by atoms with E-state index in [1.807, 2.05) is 19.2 Å². The number of hydrogen-bond acceptors (Lipinski definition) is 3. The van der Waals surface area contributed by atoms with Gasteiger partial charge in [-0.05, 0) is 43.5 Å². The van der Waals surface area contributed by atoms with E-state index in [4.69, 9.17) is 0 Å². The van der Waals surface area contributed by atoms with E-state index < -0.39 is 0 Å². The van der Waals surface area contributed by atoms with Crippen molar-refractivity contribution in [3.63, 3.8) is 0 Å². The molecule has 0 saturated carbocycles. The lowest BCUT2D eigenvalue weighted by Gasteiger charge is -2.33. The summed E-state index contributed by atoms with van der Waals surface area (Å²) in [7, 11) is 1.73. The molecule has 1 aliphatic rings. The number of aryl methyl sites for hydroxylation is 1. The van der Waals surface area contributed by atoms with Crippen molar-refractivity contribution in [2.24, 2.45) is 4.99 Å². The van der Waals surface area contributed by atoms with Crippen LogP contribution in [-0.2, 0) is 6.54 Å². The molecular formula is C20H25BrFN5. The highest BCUT2D eigenvalue weighted by atomic mass is 79.9. The Kier molecular flexibility index (Phi) is 6.66. The minimum atomic E-state index is -0.230. The highest BCUT2D eigenvalue weighted by Crippen LogP contribution is 2.18. The van der Waals surface area contributed by atoms with Crippen molar-refractivity contribution in [2.75, 3.05) is 25.0 Å². The van der Waals surface area contributed by atoms with Crippen LogP contribution in [0.2, 0.25) is 0 Å². The van der Waals surface area contributed by atoms with Gasteiger partial charge in [0.25, 0.3) is 0 Å². The van der Waals surface area contributed by atoms with Crippen LogP contribution in [0.5, 0.6) is 0 Å². The zero-order valence-electron chi connectivity index (χ0n) is 15.7. The van der Waals surface area contributed by atoms with Crippen molar-refractivity contribution in [1.82, 2.24) is 15.6 Å². The molecule has 0 aliphatic carbocycles. The Hall–Kier alpha value is -2.15. The highest BCUT2D eigenvalue weighted by Gasteiger charge is 2.20. The van der Waals surface area contributed by atoms with Gasteiger partial charge in [0, 0.05) is 49.0 Å². The van der Waals surface area contributed by atoms with E-state index in [-0.39, 0.29) is 5.82 Å². The minimum absolute atomic E-state index is 0.230. The Morgan fingerprint density at radius 2 is 2.07 bits per heavy atom. The second-order valence-electron chi connectivity index (χ2n) is 6.76. The van der Waals surface area contributed by atoms with E-state index in [1.54, 1.807) is 13.1 Å². The van der Waals surface area contributed by atoms with Crippen LogP contribution in [0.3, 0.4) is 0 Å². The number of pyridine rings is 1. The molecule has 1 saturated heterocycles. The van der Waals surface area contributed by atoms with Crippen LogP contribution in [-0.4, -0.2) is 37.1 Å². The number of piperidine rings is 1. The van der Waals surface area contributed by atoms with Gasteiger partial charge in [-0.3, -0.25) is 4.99 Å². The predicted octanol–water partition coefficient (Wildman–Crippen LogP) is 3.63. The average Bonchev–Trinajstić information content (AvgIpc) is 2.67. The smallest absolute Gasteiger partial charge is 0.191 e. The zero-order valence-corrected chi connectivity index (χ0v) is 17.3. The molecule has 1 aromatic heterocycles. The first kappa shape index (κ1) is 19.6. The molecule has 3 rings (SSSR count). The van der Waals surface area contributed by atoms with Gasteiger partial charge in [-0.2, -0.15) is 0 Å². The molecule has 1 aliphatic heterocycles. The molecule has 27 heavy (non-hydrogen) atoms. The van der Waals surface area contributed by atoms with Gasteiger partial charge in [0.05, 0.1) is 0 Å². The Balaban J connectivity index is 1.48. The van der Waals surface area contributed by atoms with E-state index in [9.17, 15) is 4.39 Å². The topological polar surface area (TPSA) is 52.6 Å². The van der Waals surface area contributed by atoms with Gasteiger partial charge in [-0.15, -0.1) is 0 Å². The van der Waals surface area contributed by atoms with E-state index in [0.717, 1.165) is 36.2 Å². The average molecular weight is 434 g/mol. The van der Waals surface area contributed by atoms with Gasteiger partial charge in [0.15, 0.2) is 5.96 Å². The molecule has 7 heteroatoms. The number of benzene rings is 1. The van der Waals surface area contributed by atoms with Crippen molar-refractivity contribution in [1.29, 1.82) is 0 Å². The van der Waals surface area contributed by atoms with Crippen molar-refractivity contribution >= 4 is 27.7 Å². The second kappa shape index (κ2) is 9.17. The lowest BCUT2D eigenvalue weighted by atomic mass is 10.1. The molecule has 2 heterocycles. The maximum Gasteiger partial charge on any atom is 0.191 e. The molecule has 0 atom stereocenters. The SMILES string of the molecule is CN=C(NCc1ccc(Br)cc1F)NC1CCN(c2ccc(C)cn2)CC1. The van der Waals surface area contributed by atoms with Crippen LogP contribution < -0.4 is 15.5 Å². The lowest BCUT2D eigenvalue weighted by Crippen LogP contribution is -2.48. The third-order valence-electron chi connectivity index (χ3n) is 4.74. The maximum absolute atomic E-state index is 14.0. The molecule has 0 bridgehead atoms. The maximum atomic E-state index is 14.0. The van der Waals surface area contributed by atoms with E-state index in [2.05, 4.69) is 53.6 Å². The molecule has 0 amide bonds. The van der Waals surface area contributed by atoms with Crippen molar-refractivity contribution in [2.45, 2.75) is 32.4 Å². The van der Waals surface area contributed by atoms with Crippen LogP contribution in [0.15, 0.2) is 46.0 Å². The first-order valence-corrected chi connectivity index (χ1v) is 9.93. The van der Waals surface area contributed by atoms with Gasteiger partial charge >= 0.3 is 0 Å². The standard InChI is InChI=1S/C20H25BrFN5/c1-14-3-6-19(24-12-14)27-9-7-17(8-10-27)26-20(23-2)25-13-15-4-5-16(21)11-18(15)22/h3-6,11-12,17H,7-10,13H2,1-2H3,(H2,23,25,26). The summed E-state index contributed by atoms with van der Waals surface area (Å²) in [6.07, 6.45) is 3.92. The van der Waals surface area contributed by atoms with E-state index in [1.165, 1.54) is 11.6 Å². The molecule has 0 radical (unpaired) electrons. The van der Waals surface area contributed by atoms with Crippen molar-refractivity contribution < 1.29 is 4.39 Å². The van der Waals surface area contributed by atoms with Crippen LogP contribution in [0.1, 0.15) is 24.0 Å². The number of aliphatic imine (C=N–C) groups is 1. The number of rotatable bonds is 4. The summed E-state index contributed by atoms with van der Waals surface area (Å²) in [5.74, 6) is 1.50. The second-order valence-corrected chi connectivity index (χ2v) is 7.68. The fourth-order valence-corrected chi connectivity index (χ4v) is 3.47. The first-order valence-electron chi connectivity index (χ1n) is 9.14. The fraction of sp³-hybridized carbons (Fsp3) is 0.400. The first-order chi connectivity index (χ1) is 13.0. The number of halogens is 2. The summed E-state index contributed by atoms with van der Waals surface area (Å²) in [6.45, 7) is 4.34. The van der Waals surface area contributed by atoms with Gasteiger partial charge in [0.2, 0.25) is 0 Å². The number of aromatic nitrogens is 1. The quantitative estimate of drug-likeness (QED) is 0.570. The normalized spacial score (nSPS) is 15.7. The largest absolute Gasteiger partial charge is 0.356 e. The predicted molar refractivity (Wildman–Crippen MR) is 112 cm³/mol. The highest BCUT2D eigenvalue weighted by molar-refractivity contribution is 9.10. The van der Waals surface area contributed by atoms with Crippen molar-refractivity contribution in [3.05, 3.63) is 57.9 Å². The molecule has 2 N–H and O–H groups in total. The molecule has 1 aromatic carbocycles. The number of nitrogens with zero attached hydrogens (tertiary/aromatic N) is 3. The third kappa shape index (κ3) is 5.42. The summed E-state index contributed by atoms with van der Waals surface area (Å²) < 4.78 is 14.7. The lowest BCUT2D eigenvalue weighted by molar-refractivity contribution is 0.459. The zero-order chi connectivity index (χ0) is 19.2. The van der Waals surface area contributed by atoms with Gasteiger partial charge in [-0.25, -0.2) is 9.37 Å². The minimum Gasteiger partial charge on any atom is -0.356 e. The number of hydrogen-bond donors (Lipinski definition) is 2. The van der Waals surface area contributed by atoms with Gasteiger partial charge in [-0.1, -0.05) is 28.1 Å². The van der Waals surface area contributed by atoms with Gasteiger partial charge < -0.3 is 15.5 Å². The van der Waals surface area contributed by atoms with Crippen LogP contribution in [0, 0.1) is 12.7 Å². The molecule has 144 valence electrons. The molecule has 0 unspecified atom stereocenters. The number of anilines is 1. The van der Waals surface area contributed by atoms with Crippen LogP contribution >= 0.6 is 15.9 Å². The molecule has 5 nitrogen and oxygen atoms in total. The van der Waals surface area contributed by atoms with Crippen LogP contribution in [0.4, 0.5) is 10.2 Å². The number of guanidine groups is 1. The summed E-state index contributed by atoms with van der Waals surface area (Å²) in [4.78, 5) is 11.1. The fourth-order valence-electron chi connectivity index (χ4n) is 3.13. The molecule has 2 aromatic rings. The summed E-state index contributed by atoms with van der Waals surface area (Å²) in [5.41, 5.74) is 1.79. The monoisotopic (exact) mass is 433 g/mol. The molecular weight excluding hydrogens is 409 g/mol. The van der Waals surface area contributed by atoms with Gasteiger partial charge in [0.1, 0.15) is 11.6 Å². The Morgan fingerprint density at radius 1 is 1.30 bits per heavy atom. The molecule has 0 spiro atoms. The number of nitrogens with one attached hydrogen (secondary N) is 2. The summed E-state index contributed by atoms with van der Waals surface area (Å²) in [6, 6.07) is 9.60. The summed E-state index contributed by atoms with van der Waals surface area (Å²) >= 11 is 3.28. The molecule has 1 fully saturated rings. The Labute approximate surface area is 168 Å². The Bertz CT molecular complexity index is 785. The summed E-state index contributed by atoms with van der Waals surface area (Å²) in [5, 5.41) is 6.65. The van der Waals surface area contributed by atoms with Crippen LogP contribution in [0.25, 0.3) is 0 Å². The van der Waals surface area contributed by atoms with E-state index in [0.29, 0.717) is 24.1 Å². The Morgan fingerprint density at radius 3 is 2.70 bits per heavy atom. The third-order valence-corrected chi connectivity index (χ3v) is 5.23. The van der Waals surface area contributed by atoms with Crippen molar-refractivity contribution in [3.8, 4) is 0 Å². The van der Waals surface area contributed by atoms with E-state index >= 15 is 0 Å².